The van der Waals surface area contributed by atoms with Gasteiger partial charge in [0.05, 0.1) is 0 Å². The van der Waals surface area contributed by atoms with Crippen molar-refractivity contribution in [3.8, 4) is 11.1 Å². The number of amides is 2. The number of carbonyl (C=O) groups excluding carboxylic acids is 2. The number of hydrogen-bond acceptors (Lipinski definition) is 4. The van der Waals surface area contributed by atoms with Crippen LogP contribution in [0.25, 0.3) is 11.1 Å². The fourth-order valence-electron chi connectivity index (χ4n) is 4.61. The lowest BCUT2D eigenvalue weighted by atomic mass is 9.98. The Morgan fingerprint density at radius 3 is 2.14 bits per heavy atom. The van der Waals surface area contributed by atoms with Gasteiger partial charge < -0.3 is 20.1 Å². The average Bonchev–Trinajstić information content (AvgIpc) is 3.18. The SMILES string of the molecule is CCN(CCCCC(=O)O)C(=O)CCCCCNC(=O)OCC1c2ccccc2-c2ccccc21. The number of carboxylic acids is 1. The van der Waals surface area contributed by atoms with Crippen LogP contribution in [0.5, 0.6) is 0 Å². The van der Waals surface area contributed by atoms with Gasteiger partial charge in [0.2, 0.25) is 5.91 Å². The van der Waals surface area contributed by atoms with E-state index in [9.17, 15) is 14.4 Å². The number of fused-ring (bicyclic) bond motifs is 3. The first-order valence-corrected chi connectivity index (χ1v) is 12.6. The van der Waals surface area contributed by atoms with Gasteiger partial charge in [0.25, 0.3) is 0 Å². The third-order valence-corrected chi connectivity index (χ3v) is 6.48. The van der Waals surface area contributed by atoms with Crippen LogP contribution in [0.15, 0.2) is 48.5 Å². The molecule has 0 bridgehead atoms. The van der Waals surface area contributed by atoms with Crippen molar-refractivity contribution in [2.24, 2.45) is 0 Å². The van der Waals surface area contributed by atoms with Gasteiger partial charge in [-0.1, -0.05) is 55.0 Å². The number of nitrogens with one attached hydrogen (secondary N) is 1. The van der Waals surface area contributed by atoms with Gasteiger partial charge in [-0.15, -0.1) is 0 Å². The highest BCUT2D eigenvalue weighted by atomic mass is 16.5. The van der Waals surface area contributed by atoms with E-state index in [1.54, 1.807) is 4.90 Å². The van der Waals surface area contributed by atoms with E-state index in [0.717, 1.165) is 19.3 Å². The van der Waals surface area contributed by atoms with E-state index in [1.165, 1.54) is 22.3 Å². The molecule has 0 fully saturated rings. The molecular formula is C28H36N2O5. The number of ether oxygens (including phenoxy) is 1. The van der Waals surface area contributed by atoms with Crippen LogP contribution in [-0.2, 0) is 14.3 Å². The largest absolute Gasteiger partial charge is 0.481 e. The zero-order valence-electron chi connectivity index (χ0n) is 20.5. The van der Waals surface area contributed by atoms with Crippen LogP contribution >= 0.6 is 0 Å². The summed E-state index contributed by atoms with van der Waals surface area (Å²) in [4.78, 5) is 37.0. The van der Waals surface area contributed by atoms with Crippen molar-refractivity contribution >= 4 is 18.0 Å². The van der Waals surface area contributed by atoms with E-state index in [1.807, 2.05) is 31.2 Å². The summed E-state index contributed by atoms with van der Waals surface area (Å²) in [6.45, 7) is 3.99. The Morgan fingerprint density at radius 2 is 1.51 bits per heavy atom. The van der Waals surface area contributed by atoms with E-state index in [4.69, 9.17) is 9.84 Å². The van der Waals surface area contributed by atoms with E-state index in [2.05, 4.69) is 29.6 Å². The number of hydrogen-bond donors (Lipinski definition) is 2. The number of benzene rings is 2. The summed E-state index contributed by atoms with van der Waals surface area (Å²) in [5.74, 6) is -0.650. The van der Waals surface area contributed by atoms with Gasteiger partial charge in [-0.3, -0.25) is 9.59 Å². The van der Waals surface area contributed by atoms with Crippen LogP contribution in [-0.4, -0.2) is 54.2 Å². The van der Waals surface area contributed by atoms with Crippen LogP contribution in [0.3, 0.4) is 0 Å². The maximum absolute atomic E-state index is 12.3. The maximum Gasteiger partial charge on any atom is 0.407 e. The smallest absolute Gasteiger partial charge is 0.407 e. The monoisotopic (exact) mass is 480 g/mol. The molecule has 0 saturated carbocycles. The molecule has 0 heterocycles. The molecule has 0 aliphatic heterocycles. The first-order chi connectivity index (χ1) is 17.0. The van der Waals surface area contributed by atoms with E-state index in [-0.39, 0.29) is 18.2 Å². The summed E-state index contributed by atoms with van der Waals surface area (Å²) in [6, 6.07) is 16.5. The van der Waals surface area contributed by atoms with Gasteiger partial charge >= 0.3 is 12.1 Å². The molecule has 2 N–H and O–H groups in total. The topological polar surface area (TPSA) is 95.9 Å². The number of alkyl carbamates (subject to hydrolysis) is 1. The number of carbonyl (C=O) groups is 3. The highest BCUT2D eigenvalue weighted by Crippen LogP contribution is 2.44. The van der Waals surface area contributed by atoms with Crippen molar-refractivity contribution in [2.75, 3.05) is 26.2 Å². The molecule has 2 aromatic rings. The first-order valence-electron chi connectivity index (χ1n) is 12.6. The molecule has 7 nitrogen and oxygen atoms in total. The van der Waals surface area contributed by atoms with Gasteiger partial charge in [0, 0.05) is 38.4 Å². The maximum atomic E-state index is 12.3. The molecule has 188 valence electrons. The summed E-state index contributed by atoms with van der Waals surface area (Å²) in [5.41, 5.74) is 4.78. The lowest BCUT2D eigenvalue weighted by Crippen LogP contribution is -2.31. The van der Waals surface area contributed by atoms with Crippen LogP contribution in [0.4, 0.5) is 4.79 Å². The molecule has 35 heavy (non-hydrogen) atoms. The summed E-state index contributed by atoms with van der Waals surface area (Å²) >= 11 is 0. The second kappa shape index (κ2) is 13.5. The fourth-order valence-corrected chi connectivity index (χ4v) is 4.61. The van der Waals surface area contributed by atoms with Gasteiger partial charge in [-0.2, -0.15) is 0 Å². The molecule has 7 heteroatoms. The van der Waals surface area contributed by atoms with Crippen molar-refractivity contribution < 1.29 is 24.2 Å². The zero-order chi connectivity index (χ0) is 25.0. The number of rotatable bonds is 14. The second-order valence-electron chi connectivity index (χ2n) is 8.89. The average molecular weight is 481 g/mol. The van der Waals surface area contributed by atoms with Gasteiger partial charge in [-0.25, -0.2) is 4.79 Å². The van der Waals surface area contributed by atoms with Crippen LogP contribution in [0, 0.1) is 0 Å². The highest BCUT2D eigenvalue weighted by molar-refractivity contribution is 5.79. The number of aliphatic carboxylic acids is 1. The molecule has 2 aromatic carbocycles. The van der Waals surface area contributed by atoms with Crippen molar-refractivity contribution in [3.63, 3.8) is 0 Å². The summed E-state index contributed by atoms with van der Waals surface area (Å²) in [6.07, 6.45) is 3.86. The Morgan fingerprint density at radius 1 is 0.886 bits per heavy atom. The molecule has 0 spiro atoms. The highest BCUT2D eigenvalue weighted by Gasteiger charge is 2.28. The predicted octanol–water partition coefficient (Wildman–Crippen LogP) is 5.19. The number of nitrogens with zero attached hydrogens (tertiary/aromatic N) is 1. The minimum atomic E-state index is -0.800. The molecule has 0 saturated heterocycles. The third-order valence-electron chi connectivity index (χ3n) is 6.48. The molecule has 0 unspecified atom stereocenters. The molecular weight excluding hydrogens is 444 g/mol. The summed E-state index contributed by atoms with van der Waals surface area (Å²) < 4.78 is 5.54. The van der Waals surface area contributed by atoms with Gasteiger partial charge in [-0.05, 0) is 54.9 Å². The van der Waals surface area contributed by atoms with E-state index < -0.39 is 12.1 Å². The molecule has 2 amide bonds. The Balaban J connectivity index is 1.30. The Bertz CT molecular complexity index is 961. The van der Waals surface area contributed by atoms with Crippen molar-refractivity contribution in [3.05, 3.63) is 59.7 Å². The number of unbranched alkanes of at least 4 members (excludes halogenated alkanes) is 3. The first kappa shape index (κ1) is 26.3. The minimum Gasteiger partial charge on any atom is -0.481 e. The lowest BCUT2D eigenvalue weighted by molar-refractivity contribution is -0.137. The molecule has 0 radical (unpaired) electrons. The minimum absolute atomic E-state index is 0.0461. The number of carboxylic acid groups (broad SMARTS) is 1. The van der Waals surface area contributed by atoms with Crippen LogP contribution < -0.4 is 5.32 Å². The van der Waals surface area contributed by atoms with Gasteiger partial charge in [0.15, 0.2) is 0 Å². The molecule has 0 atom stereocenters. The quantitative estimate of drug-likeness (QED) is 0.363. The van der Waals surface area contributed by atoms with Crippen molar-refractivity contribution in [2.45, 2.75) is 57.8 Å². The Hall–Kier alpha value is -3.35. The normalized spacial score (nSPS) is 12.0. The summed E-state index contributed by atoms with van der Waals surface area (Å²) in [7, 11) is 0. The third kappa shape index (κ3) is 7.57. The second-order valence-corrected chi connectivity index (χ2v) is 8.89. The molecule has 1 aliphatic carbocycles. The Kier molecular flexibility index (Phi) is 10.1. The van der Waals surface area contributed by atoms with Crippen LogP contribution in [0.1, 0.15) is 68.9 Å². The molecule has 1 aliphatic rings. The zero-order valence-corrected chi connectivity index (χ0v) is 20.5. The fraction of sp³-hybridized carbons (Fsp3) is 0.464. The van der Waals surface area contributed by atoms with E-state index in [0.29, 0.717) is 45.5 Å². The Labute approximate surface area is 207 Å². The molecule has 3 rings (SSSR count). The predicted molar refractivity (Wildman–Crippen MR) is 135 cm³/mol. The van der Waals surface area contributed by atoms with Crippen molar-refractivity contribution in [1.29, 1.82) is 0 Å². The van der Waals surface area contributed by atoms with E-state index >= 15 is 0 Å². The van der Waals surface area contributed by atoms with Gasteiger partial charge in [0.1, 0.15) is 6.61 Å². The standard InChI is InChI=1S/C28H36N2O5/c1-2-30(19-11-9-17-27(32)33)26(31)16-4-3-10-18-29-28(34)35-20-25-23-14-7-5-12-21(23)22-13-6-8-15-24(22)25/h5-8,12-15,25H,2-4,9-11,16-20H2,1H3,(H,29,34)(H,32,33). The molecule has 0 aromatic heterocycles. The lowest BCUT2D eigenvalue weighted by Gasteiger charge is -2.20. The van der Waals surface area contributed by atoms with Crippen molar-refractivity contribution in [1.82, 2.24) is 10.2 Å². The van der Waals surface area contributed by atoms with Crippen LogP contribution in [0.2, 0.25) is 0 Å². The summed E-state index contributed by atoms with van der Waals surface area (Å²) in [5, 5.41) is 11.5.